The summed E-state index contributed by atoms with van der Waals surface area (Å²) in [4.78, 5) is 0. The summed E-state index contributed by atoms with van der Waals surface area (Å²) in [5, 5.41) is 0.658. The van der Waals surface area contributed by atoms with E-state index in [-0.39, 0.29) is 0 Å². The van der Waals surface area contributed by atoms with Crippen molar-refractivity contribution in [1.29, 1.82) is 0 Å². The van der Waals surface area contributed by atoms with Gasteiger partial charge in [0, 0.05) is 5.56 Å². The van der Waals surface area contributed by atoms with E-state index in [2.05, 4.69) is 0 Å². The minimum atomic E-state index is 0.658. The molecule has 0 fully saturated rings. The zero-order valence-electron chi connectivity index (χ0n) is 10.6. The topological polar surface area (TPSA) is 22.4 Å². The Morgan fingerprint density at radius 1 is 1.12 bits per heavy atom. The van der Waals surface area contributed by atoms with Crippen molar-refractivity contribution >= 4 is 11.6 Å². The number of halogens is 1. The molecular formula is C14H17ClO2. The molecule has 0 saturated carbocycles. The number of ether oxygens (including phenoxy) is 1. The maximum absolute atomic E-state index is 6.08. The number of benzene rings is 1. The number of hydrogen-bond acceptors (Lipinski definition) is 2. The molecule has 0 radical (unpaired) electrons. The molecule has 0 bridgehead atoms. The van der Waals surface area contributed by atoms with Crippen molar-refractivity contribution in [2.45, 2.75) is 20.8 Å². The second kappa shape index (κ2) is 6.36. The van der Waals surface area contributed by atoms with Gasteiger partial charge in [0.15, 0.2) is 0 Å². The molecule has 0 spiro atoms. The number of furan rings is 1. The highest BCUT2D eigenvalue weighted by molar-refractivity contribution is 6.33. The Balaban J connectivity index is 0.000000686. The zero-order valence-corrected chi connectivity index (χ0v) is 11.3. The van der Waals surface area contributed by atoms with E-state index in [1.807, 2.05) is 45.0 Å². The van der Waals surface area contributed by atoms with Crippen molar-refractivity contribution in [3.05, 3.63) is 41.1 Å². The van der Waals surface area contributed by atoms with Crippen molar-refractivity contribution < 1.29 is 9.15 Å². The molecule has 1 aromatic heterocycles. The molecule has 0 N–H and O–H groups in total. The lowest BCUT2D eigenvalue weighted by molar-refractivity contribution is 0.414. The van der Waals surface area contributed by atoms with Crippen molar-refractivity contribution in [3.8, 4) is 17.1 Å². The molecule has 0 unspecified atom stereocenters. The Bertz CT molecular complexity index is 475. The van der Waals surface area contributed by atoms with Gasteiger partial charge in [0.05, 0.1) is 12.1 Å². The fraction of sp³-hybridized carbons (Fsp3) is 0.286. The summed E-state index contributed by atoms with van der Waals surface area (Å²) in [5.74, 6) is 2.39. The summed E-state index contributed by atoms with van der Waals surface area (Å²) in [5.41, 5.74) is 0.851. The lowest BCUT2D eigenvalue weighted by Gasteiger charge is -2.04. The quantitative estimate of drug-likeness (QED) is 0.755. The first-order valence-electron chi connectivity index (χ1n) is 5.61. The van der Waals surface area contributed by atoms with Crippen LogP contribution in [0.2, 0.25) is 5.02 Å². The first-order chi connectivity index (χ1) is 8.20. The van der Waals surface area contributed by atoms with Gasteiger partial charge < -0.3 is 9.15 Å². The lowest BCUT2D eigenvalue weighted by Crippen LogP contribution is -1.84. The maximum Gasteiger partial charge on any atom is 0.135 e. The normalized spacial score (nSPS) is 9.47. The third kappa shape index (κ3) is 3.27. The Kier molecular flexibility index (Phi) is 5.11. The van der Waals surface area contributed by atoms with E-state index in [1.165, 1.54) is 0 Å². The van der Waals surface area contributed by atoms with Crippen LogP contribution in [0.1, 0.15) is 19.6 Å². The third-order valence-corrected chi connectivity index (χ3v) is 2.51. The van der Waals surface area contributed by atoms with Crippen molar-refractivity contribution in [3.63, 3.8) is 0 Å². The fourth-order valence-electron chi connectivity index (χ4n) is 1.40. The van der Waals surface area contributed by atoms with E-state index in [1.54, 1.807) is 13.2 Å². The van der Waals surface area contributed by atoms with Crippen LogP contribution in [-0.2, 0) is 0 Å². The molecule has 2 aromatic rings. The second-order valence-corrected chi connectivity index (χ2v) is 3.66. The summed E-state index contributed by atoms with van der Waals surface area (Å²) < 4.78 is 10.6. The molecule has 17 heavy (non-hydrogen) atoms. The Morgan fingerprint density at radius 2 is 1.82 bits per heavy atom. The van der Waals surface area contributed by atoms with Crippen molar-refractivity contribution in [1.82, 2.24) is 0 Å². The highest BCUT2D eigenvalue weighted by Crippen LogP contribution is 2.32. The molecule has 2 nitrogen and oxygen atoms in total. The number of rotatable bonds is 2. The number of hydrogen-bond donors (Lipinski definition) is 0. The van der Waals surface area contributed by atoms with Crippen LogP contribution < -0.4 is 4.74 Å². The monoisotopic (exact) mass is 252 g/mol. The van der Waals surface area contributed by atoms with Gasteiger partial charge in [-0.3, -0.25) is 0 Å². The molecule has 2 rings (SSSR count). The molecule has 92 valence electrons. The first kappa shape index (κ1) is 13.7. The van der Waals surface area contributed by atoms with Crippen LogP contribution >= 0.6 is 11.6 Å². The molecule has 0 aliphatic carbocycles. The highest BCUT2D eigenvalue weighted by Gasteiger charge is 2.08. The Labute approximate surface area is 107 Å². The van der Waals surface area contributed by atoms with Gasteiger partial charge in [0.2, 0.25) is 0 Å². The summed E-state index contributed by atoms with van der Waals surface area (Å²) >= 11 is 6.08. The number of methoxy groups -OCH3 is 1. The minimum Gasteiger partial charge on any atom is -0.497 e. The van der Waals surface area contributed by atoms with Crippen LogP contribution in [0, 0.1) is 6.92 Å². The minimum absolute atomic E-state index is 0.658. The largest absolute Gasteiger partial charge is 0.497 e. The Morgan fingerprint density at radius 3 is 2.35 bits per heavy atom. The average Bonchev–Trinajstić information content (AvgIpc) is 2.79. The molecule has 3 heteroatoms. The summed E-state index contributed by atoms with van der Waals surface area (Å²) in [6, 6.07) is 9.29. The van der Waals surface area contributed by atoms with Crippen LogP contribution in [0.5, 0.6) is 5.75 Å². The van der Waals surface area contributed by atoms with Crippen LogP contribution in [0.3, 0.4) is 0 Å². The Hall–Kier alpha value is -1.41. The average molecular weight is 253 g/mol. The van der Waals surface area contributed by atoms with Gasteiger partial charge in [-0.25, -0.2) is 0 Å². The van der Waals surface area contributed by atoms with Crippen LogP contribution in [0.4, 0.5) is 0 Å². The smallest absolute Gasteiger partial charge is 0.135 e. The van der Waals surface area contributed by atoms with Gasteiger partial charge in [0.1, 0.15) is 17.3 Å². The van der Waals surface area contributed by atoms with E-state index >= 15 is 0 Å². The van der Waals surface area contributed by atoms with E-state index in [4.69, 9.17) is 20.8 Å². The third-order valence-electron chi connectivity index (χ3n) is 2.18. The molecule has 0 atom stereocenters. The second-order valence-electron chi connectivity index (χ2n) is 3.26. The van der Waals surface area contributed by atoms with Gasteiger partial charge >= 0.3 is 0 Å². The predicted molar refractivity (Wildman–Crippen MR) is 71.8 cm³/mol. The van der Waals surface area contributed by atoms with Gasteiger partial charge in [-0.1, -0.05) is 25.4 Å². The highest BCUT2D eigenvalue weighted by atomic mass is 35.5. The van der Waals surface area contributed by atoms with E-state index in [0.717, 1.165) is 22.8 Å². The van der Waals surface area contributed by atoms with Crippen LogP contribution in [-0.4, -0.2) is 7.11 Å². The van der Waals surface area contributed by atoms with Crippen molar-refractivity contribution in [2.24, 2.45) is 0 Å². The lowest BCUT2D eigenvalue weighted by atomic mass is 10.1. The van der Waals surface area contributed by atoms with Crippen LogP contribution in [0.15, 0.2) is 34.7 Å². The van der Waals surface area contributed by atoms with Gasteiger partial charge in [0.25, 0.3) is 0 Å². The summed E-state index contributed by atoms with van der Waals surface area (Å²) in [7, 11) is 1.63. The standard InChI is InChI=1S/C12H11ClO2.C2H6/c1-8-3-6-12(15-8)10-7-9(14-2)4-5-11(10)13;1-2/h3-7H,1-2H3;1-2H3. The molecular weight excluding hydrogens is 236 g/mol. The summed E-state index contributed by atoms with van der Waals surface area (Å²) in [6.07, 6.45) is 0. The summed E-state index contributed by atoms with van der Waals surface area (Å²) in [6.45, 7) is 5.90. The van der Waals surface area contributed by atoms with Crippen LogP contribution in [0.25, 0.3) is 11.3 Å². The maximum atomic E-state index is 6.08. The SMILES string of the molecule is CC.COc1ccc(Cl)c(-c2ccc(C)o2)c1. The molecule has 0 saturated heterocycles. The van der Waals surface area contributed by atoms with Gasteiger partial charge in [-0.2, -0.15) is 0 Å². The van der Waals surface area contributed by atoms with E-state index in [0.29, 0.717) is 5.02 Å². The number of aryl methyl sites for hydroxylation is 1. The van der Waals surface area contributed by atoms with Crippen molar-refractivity contribution in [2.75, 3.05) is 7.11 Å². The van der Waals surface area contributed by atoms with E-state index < -0.39 is 0 Å². The zero-order chi connectivity index (χ0) is 12.8. The predicted octanol–water partition coefficient (Wildman–Crippen LogP) is 4.94. The first-order valence-corrected chi connectivity index (χ1v) is 5.99. The van der Waals surface area contributed by atoms with Gasteiger partial charge in [-0.05, 0) is 37.3 Å². The fourth-order valence-corrected chi connectivity index (χ4v) is 1.61. The van der Waals surface area contributed by atoms with E-state index in [9.17, 15) is 0 Å². The molecule has 0 aliphatic heterocycles. The molecule has 1 aromatic carbocycles. The molecule has 0 aliphatic rings. The molecule has 0 amide bonds. The van der Waals surface area contributed by atoms with Gasteiger partial charge in [-0.15, -0.1) is 0 Å². The molecule has 1 heterocycles.